The van der Waals surface area contributed by atoms with Gasteiger partial charge in [-0.3, -0.25) is 4.79 Å². The predicted octanol–water partition coefficient (Wildman–Crippen LogP) is 2.63. The minimum atomic E-state index is -0.233. The lowest BCUT2D eigenvalue weighted by atomic mass is 9.80. The fraction of sp³-hybridized carbons (Fsp3) is 0.533. The van der Waals surface area contributed by atoms with Crippen LogP contribution in [0, 0.1) is 19.3 Å². The number of hydrogen-bond donors (Lipinski definition) is 2. The second kappa shape index (κ2) is 5.11. The second-order valence-electron chi connectivity index (χ2n) is 5.64. The summed E-state index contributed by atoms with van der Waals surface area (Å²) in [5, 5.41) is 6.36. The van der Waals surface area contributed by atoms with E-state index in [-0.39, 0.29) is 11.3 Å². The van der Waals surface area contributed by atoms with Crippen molar-refractivity contribution < 1.29 is 4.79 Å². The lowest BCUT2D eigenvalue weighted by Crippen LogP contribution is -2.42. The van der Waals surface area contributed by atoms with Crippen molar-refractivity contribution in [2.75, 3.05) is 18.4 Å². The van der Waals surface area contributed by atoms with E-state index in [1.54, 1.807) is 0 Å². The quantitative estimate of drug-likeness (QED) is 0.842. The van der Waals surface area contributed by atoms with Crippen LogP contribution in [0.3, 0.4) is 0 Å². The topological polar surface area (TPSA) is 41.1 Å². The van der Waals surface area contributed by atoms with Gasteiger partial charge in [0.1, 0.15) is 0 Å². The van der Waals surface area contributed by atoms with Gasteiger partial charge in [0.05, 0.1) is 0 Å². The van der Waals surface area contributed by atoms with Gasteiger partial charge >= 0.3 is 0 Å². The number of piperidine rings is 1. The van der Waals surface area contributed by atoms with E-state index < -0.39 is 0 Å². The van der Waals surface area contributed by atoms with Crippen LogP contribution in [-0.2, 0) is 4.79 Å². The highest BCUT2D eigenvalue weighted by atomic mass is 16.2. The average molecular weight is 246 g/mol. The minimum absolute atomic E-state index is 0.147. The number of anilines is 1. The van der Waals surface area contributed by atoms with Crippen LogP contribution in [-0.4, -0.2) is 19.0 Å². The largest absolute Gasteiger partial charge is 0.326 e. The van der Waals surface area contributed by atoms with Gasteiger partial charge in [0.2, 0.25) is 5.91 Å². The van der Waals surface area contributed by atoms with Crippen molar-refractivity contribution in [1.82, 2.24) is 5.32 Å². The molecule has 18 heavy (non-hydrogen) atoms. The predicted molar refractivity (Wildman–Crippen MR) is 74.8 cm³/mol. The van der Waals surface area contributed by atoms with Crippen molar-refractivity contribution in [1.29, 1.82) is 0 Å². The Balaban J connectivity index is 2.10. The standard InChI is InChI=1S/C15H22N2O/c1-11-8-12(2)10-13(9-11)17-14(18)15(3)4-6-16-7-5-15/h8-10,16H,4-7H2,1-3H3,(H,17,18). The fourth-order valence-corrected chi connectivity index (χ4v) is 2.53. The van der Waals surface area contributed by atoms with Crippen LogP contribution in [0.2, 0.25) is 0 Å². The van der Waals surface area contributed by atoms with Gasteiger partial charge in [-0.05, 0) is 63.0 Å². The Morgan fingerprint density at radius 2 is 1.72 bits per heavy atom. The van der Waals surface area contributed by atoms with E-state index in [4.69, 9.17) is 0 Å². The number of carbonyl (C=O) groups is 1. The van der Waals surface area contributed by atoms with Crippen molar-refractivity contribution >= 4 is 11.6 Å². The molecule has 1 amide bonds. The molecule has 1 aliphatic heterocycles. The molecule has 0 atom stereocenters. The molecule has 1 aromatic carbocycles. The summed E-state index contributed by atoms with van der Waals surface area (Å²) in [6.07, 6.45) is 1.81. The van der Waals surface area contributed by atoms with Gasteiger partial charge in [-0.15, -0.1) is 0 Å². The molecular weight excluding hydrogens is 224 g/mol. The molecule has 0 spiro atoms. The summed E-state index contributed by atoms with van der Waals surface area (Å²) in [7, 11) is 0. The van der Waals surface area contributed by atoms with Crippen molar-refractivity contribution in [2.45, 2.75) is 33.6 Å². The van der Waals surface area contributed by atoms with Gasteiger partial charge < -0.3 is 10.6 Å². The molecule has 1 fully saturated rings. The molecule has 0 saturated carbocycles. The van der Waals surface area contributed by atoms with Crippen molar-refractivity contribution in [3.05, 3.63) is 29.3 Å². The fourth-order valence-electron chi connectivity index (χ4n) is 2.53. The maximum Gasteiger partial charge on any atom is 0.230 e. The lowest BCUT2D eigenvalue weighted by molar-refractivity contribution is -0.126. The third-order valence-electron chi connectivity index (χ3n) is 3.73. The van der Waals surface area contributed by atoms with E-state index in [0.717, 1.165) is 31.6 Å². The highest BCUT2D eigenvalue weighted by molar-refractivity contribution is 5.95. The van der Waals surface area contributed by atoms with Gasteiger partial charge in [0.15, 0.2) is 0 Å². The van der Waals surface area contributed by atoms with Gasteiger partial charge in [0.25, 0.3) is 0 Å². The minimum Gasteiger partial charge on any atom is -0.326 e. The van der Waals surface area contributed by atoms with Crippen LogP contribution in [0.4, 0.5) is 5.69 Å². The Labute approximate surface area is 109 Å². The third-order valence-corrected chi connectivity index (χ3v) is 3.73. The molecule has 2 rings (SSSR count). The smallest absolute Gasteiger partial charge is 0.230 e. The summed E-state index contributed by atoms with van der Waals surface area (Å²) in [6, 6.07) is 6.16. The molecule has 0 radical (unpaired) electrons. The first-order chi connectivity index (χ1) is 8.49. The van der Waals surface area contributed by atoms with Gasteiger partial charge in [-0.2, -0.15) is 0 Å². The molecule has 0 aromatic heterocycles. The average Bonchev–Trinajstić information content (AvgIpc) is 2.28. The van der Waals surface area contributed by atoms with Crippen molar-refractivity contribution in [3.8, 4) is 0 Å². The molecule has 1 aliphatic rings. The first-order valence-electron chi connectivity index (χ1n) is 6.60. The van der Waals surface area contributed by atoms with E-state index in [2.05, 4.69) is 37.5 Å². The molecule has 3 nitrogen and oxygen atoms in total. The van der Waals surface area contributed by atoms with Crippen LogP contribution in [0.25, 0.3) is 0 Å². The van der Waals surface area contributed by atoms with E-state index in [1.807, 2.05) is 12.1 Å². The summed E-state index contributed by atoms with van der Waals surface area (Å²) in [6.45, 7) is 8.02. The third kappa shape index (κ3) is 2.91. The molecule has 1 heterocycles. The normalized spacial score (nSPS) is 18.4. The number of carbonyl (C=O) groups excluding carboxylic acids is 1. The zero-order valence-electron chi connectivity index (χ0n) is 11.5. The Morgan fingerprint density at radius 1 is 1.17 bits per heavy atom. The van der Waals surface area contributed by atoms with Crippen LogP contribution in [0.15, 0.2) is 18.2 Å². The Hall–Kier alpha value is -1.35. The summed E-state index contributed by atoms with van der Waals surface area (Å²) in [5.74, 6) is 0.147. The Kier molecular flexibility index (Phi) is 3.71. The maximum absolute atomic E-state index is 12.4. The molecule has 1 saturated heterocycles. The summed E-state index contributed by atoms with van der Waals surface area (Å²) >= 11 is 0. The molecule has 3 heteroatoms. The summed E-state index contributed by atoms with van der Waals surface area (Å²) < 4.78 is 0. The number of benzene rings is 1. The number of amides is 1. The van der Waals surface area contributed by atoms with Gasteiger partial charge in [0, 0.05) is 11.1 Å². The van der Waals surface area contributed by atoms with Crippen molar-refractivity contribution in [3.63, 3.8) is 0 Å². The lowest BCUT2D eigenvalue weighted by Gasteiger charge is -2.32. The molecule has 2 N–H and O–H groups in total. The Bertz CT molecular complexity index is 428. The SMILES string of the molecule is Cc1cc(C)cc(NC(=O)C2(C)CCNCC2)c1. The van der Waals surface area contributed by atoms with Gasteiger partial charge in [-0.1, -0.05) is 13.0 Å². The highest BCUT2D eigenvalue weighted by Crippen LogP contribution is 2.29. The highest BCUT2D eigenvalue weighted by Gasteiger charge is 2.34. The van der Waals surface area contributed by atoms with E-state index >= 15 is 0 Å². The zero-order valence-corrected chi connectivity index (χ0v) is 11.5. The van der Waals surface area contributed by atoms with Crippen LogP contribution in [0.5, 0.6) is 0 Å². The number of nitrogens with one attached hydrogen (secondary N) is 2. The summed E-state index contributed by atoms with van der Waals surface area (Å²) in [5.41, 5.74) is 3.04. The zero-order chi connectivity index (χ0) is 13.2. The van der Waals surface area contributed by atoms with Crippen molar-refractivity contribution in [2.24, 2.45) is 5.41 Å². The number of rotatable bonds is 2. The Morgan fingerprint density at radius 3 is 2.28 bits per heavy atom. The molecule has 98 valence electrons. The maximum atomic E-state index is 12.4. The number of hydrogen-bond acceptors (Lipinski definition) is 2. The molecular formula is C15H22N2O. The molecule has 0 bridgehead atoms. The van der Waals surface area contributed by atoms with Crippen LogP contribution >= 0.6 is 0 Å². The van der Waals surface area contributed by atoms with E-state index in [9.17, 15) is 4.79 Å². The first kappa shape index (κ1) is 13.1. The van der Waals surface area contributed by atoms with Crippen LogP contribution in [0.1, 0.15) is 30.9 Å². The van der Waals surface area contributed by atoms with Crippen LogP contribution < -0.4 is 10.6 Å². The molecule has 1 aromatic rings. The van der Waals surface area contributed by atoms with E-state index in [0.29, 0.717) is 0 Å². The van der Waals surface area contributed by atoms with E-state index in [1.165, 1.54) is 11.1 Å². The molecule has 0 unspecified atom stereocenters. The first-order valence-corrected chi connectivity index (χ1v) is 6.60. The number of aryl methyl sites for hydroxylation is 2. The molecule has 0 aliphatic carbocycles. The summed E-state index contributed by atoms with van der Waals surface area (Å²) in [4.78, 5) is 12.4. The van der Waals surface area contributed by atoms with Gasteiger partial charge in [-0.25, -0.2) is 0 Å². The second-order valence-corrected chi connectivity index (χ2v) is 5.64. The monoisotopic (exact) mass is 246 g/mol.